The number of carbonyl (C=O) groups excluding carboxylic acids is 1. The quantitative estimate of drug-likeness (QED) is 0.521. The van der Waals surface area contributed by atoms with Crippen LogP contribution in [0.2, 0.25) is 0 Å². The summed E-state index contributed by atoms with van der Waals surface area (Å²) >= 11 is 0. The van der Waals surface area contributed by atoms with E-state index in [0.29, 0.717) is 50.9 Å². The van der Waals surface area contributed by atoms with Gasteiger partial charge in [0.05, 0.1) is 4.90 Å². The number of nitrogens with zero attached hydrogens (tertiary/aromatic N) is 4. The molecule has 0 radical (unpaired) electrons. The molecule has 9 nitrogen and oxygen atoms in total. The zero-order valence-electron chi connectivity index (χ0n) is 21.5. The molecule has 0 unspecified atom stereocenters. The largest absolute Gasteiger partial charge is 0.501 e. The summed E-state index contributed by atoms with van der Waals surface area (Å²) in [6.07, 6.45) is 5.06. The molecule has 2 spiro atoms. The van der Waals surface area contributed by atoms with Crippen molar-refractivity contribution >= 4 is 15.9 Å². The number of hydrogen-bond donors (Lipinski definition) is 2. The Balaban J connectivity index is 0.869. The monoisotopic (exact) mass is 583 g/mol. The molecule has 40 heavy (non-hydrogen) atoms. The second-order valence-corrected chi connectivity index (χ2v) is 14.8. The smallest absolute Gasteiger partial charge is 0.382 e. The lowest BCUT2D eigenvalue weighted by Gasteiger charge is -2.63. The maximum atomic E-state index is 13.9. The van der Waals surface area contributed by atoms with E-state index in [1.807, 2.05) is 9.80 Å². The van der Waals surface area contributed by atoms with Gasteiger partial charge in [-0.3, -0.25) is 5.10 Å². The van der Waals surface area contributed by atoms with Crippen molar-refractivity contribution in [3.05, 3.63) is 41.2 Å². The minimum atomic E-state index is -5.62. The number of benzene rings is 1. The number of aliphatic hydroxyl groups is 1. The van der Waals surface area contributed by atoms with Crippen LogP contribution in [0.5, 0.6) is 0 Å². The minimum absolute atomic E-state index is 0.0196. The zero-order valence-corrected chi connectivity index (χ0v) is 22.4. The third-order valence-electron chi connectivity index (χ3n) is 9.55. The van der Waals surface area contributed by atoms with Gasteiger partial charge in [0, 0.05) is 42.9 Å². The van der Waals surface area contributed by atoms with Crippen molar-refractivity contribution in [3.63, 3.8) is 0 Å². The molecule has 2 saturated heterocycles. The summed E-state index contributed by atoms with van der Waals surface area (Å²) in [7, 11) is -5.62. The Hall–Kier alpha value is -2.74. The number of aromatic amines is 1. The molecule has 3 saturated carbocycles. The molecule has 3 heterocycles. The number of sulfone groups is 1. The van der Waals surface area contributed by atoms with Crippen molar-refractivity contribution < 1.29 is 35.9 Å². The lowest BCUT2D eigenvalue weighted by molar-refractivity contribution is -0.100. The van der Waals surface area contributed by atoms with Crippen LogP contribution < -0.4 is 0 Å². The average Bonchev–Trinajstić information content (AvgIpc) is 3.31. The van der Waals surface area contributed by atoms with Gasteiger partial charge in [-0.15, -0.1) is 0 Å². The molecule has 2 aliphatic heterocycles. The van der Waals surface area contributed by atoms with E-state index in [1.165, 1.54) is 0 Å². The fraction of sp³-hybridized carbons (Fsp3) is 0.654. The summed E-state index contributed by atoms with van der Waals surface area (Å²) in [5.41, 5.74) is -6.01. The summed E-state index contributed by atoms with van der Waals surface area (Å²) in [5.74, 6) is 0.641. The van der Waals surface area contributed by atoms with Crippen molar-refractivity contribution in [1.29, 1.82) is 0 Å². The summed E-state index contributed by atoms with van der Waals surface area (Å²) in [6.45, 7) is 2.66. The van der Waals surface area contributed by atoms with Crippen LogP contribution in [0.3, 0.4) is 0 Å². The van der Waals surface area contributed by atoms with Crippen LogP contribution in [0.1, 0.15) is 61.7 Å². The molecule has 1 aromatic carbocycles. The number of aromatic nitrogens is 3. The average molecular weight is 584 g/mol. The van der Waals surface area contributed by atoms with Crippen molar-refractivity contribution in [2.45, 2.75) is 66.9 Å². The molecule has 2 aromatic rings. The molecule has 14 heteroatoms. The summed E-state index contributed by atoms with van der Waals surface area (Å²) in [4.78, 5) is 20.1. The van der Waals surface area contributed by atoms with Crippen LogP contribution in [-0.4, -0.2) is 76.2 Å². The number of likely N-dealkylation sites (tertiary alicyclic amines) is 2. The molecular formula is C26H29F4N5O4S. The lowest BCUT2D eigenvalue weighted by Crippen LogP contribution is -2.70. The molecule has 5 fully saturated rings. The molecule has 0 bridgehead atoms. The highest BCUT2D eigenvalue weighted by molar-refractivity contribution is 7.92. The van der Waals surface area contributed by atoms with Crippen molar-refractivity contribution in [2.75, 3.05) is 26.2 Å². The maximum Gasteiger partial charge on any atom is 0.501 e. The number of halogens is 4. The normalized spacial score (nSPS) is 24.8. The van der Waals surface area contributed by atoms with E-state index in [0.717, 1.165) is 43.6 Å². The van der Waals surface area contributed by atoms with Gasteiger partial charge < -0.3 is 14.9 Å². The highest BCUT2D eigenvalue weighted by Gasteiger charge is 2.59. The van der Waals surface area contributed by atoms with E-state index >= 15 is 0 Å². The van der Waals surface area contributed by atoms with Gasteiger partial charge in [0.15, 0.2) is 5.82 Å². The Labute approximate surface area is 227 Å². The third-order valence-corrected chi connectivity index (χ3v) is 11.0. The van der Waals surface area contributed by atoms with Gasteiger partial charge in [-0.25, -0.2) is 22.6 Å². The molecule has 2 amide bonds. The molecule has 3 aliphatic carbocycles. The molecular weight excluding hydrogens is 554 g/mol. The second kappa shape index (κ2) is 8.17. The predicted octanol–water partition coefficient (Wildman–Crippen LogP) is 3.47. The van der Waals surface area contributed by atoms with Gasteiger partial charge in [-0.2, -0.15) is 18.3 Å². The minimum Gasteiger partial charge on any atom is -0.382 e. The summed E-state index contributed by atoms with van der Waals surface area (Å²) < 4.78 is 76.0. The second-order valence-electron chi connectivity index (χ2n) is 12.9. The first kappa shape index (κ1) is 26.2. The number of carbonyl (C=O) groups is 1. The first-order chi connectivity index (χ1) is 18.7. The van der Waals surface area contributed by atoms with Crippen LogP contribution in [0.25, 0.3) is 0 Å². The van der Waals surface area contributed by atoms with Crippen molar-refractivity contribution in [1.82, 2.24) is 25.0 Å². The Bertz CT molecular complexity index is 1480. The standard InChI is InChI=1S/C26H29F4N5O4S/c27-18-4-15(5-19(6-18)40(38,39)26(28,29)30)3-16-7-23(8-16)11-34(12-23)22(36)35-13-24(14-35)9-17(10-24)20-31-21(33-32-20)25(37)1-2-25/h4-6,16-17,37H,1-3,7-14H2,(H,31,32,33). The first-order valence-corrected chi connectivity index (χ1v) is 15.0. The van der Waals surface area contributed by atoms with Gasteiger partial charge in [-0.05, 0) is 74.6 Å². The van der Waals surface area contributed by atoms with E-state index in [2.05, 4.69) is 15.2 Å². The van der Waals surface area contributed by atoms with Crippen LogP contribution in [-0.2, 0) is 21.9 Å². The van der Waals surface area contributed by atoms with E-state index in [9.17, 15) is 35.9 Å². The van der Waals surface area contributed by atoms with Gasteiger partial charge in [0.2, 0.25) is 0 Å². The van der Waals surface area contributed by atoms with Gasteiger partial charge in [0.1, 0.15) is 17.2 Å². The van der Waals surface area contributed by atoms with Crippen LogP contribution in [0.4, 0.5) is 22.4 Å². The number of nitrogens with one attached hydrogen (secondary N) is 1. The third kappa shape index (κ3) is 4.12. The molecule has 1 aromatic heterocycles. The first-order valence-electron chi connectivity index (χ1n) is 13.5. The molecule has 7 rings (SSSR count). The Morgan fingerprint density at radius 2 is 1.62 bits per heavy atom. The molecule has 216 valence electrons. The fourth-order valence-corrected chi connectivity index (χ4v) is 8.21. The Morgan fingerprint density at radius 3 is 2.20 bits per heavy atom. The van der Waals surface area contributed by atoms with E-state index in [4.69, 9.17) is 0 Å². The van der Waals surface area contributed by atoms with Crippen LogP contribution in [0.15, 0.2) is 23.1 Å². The lowest BCUT2D eigenvalue weighted by atomic mass is 9.56. The SMILES string of the molecule is O=C(N1CC2(CC(Cc3cc(F)cc(S(=O)(=O)C(F)(F)F)c3)C2)C1)N1CC2(CC(c3nc(C4(O)CC4)n[nH]3)C2)C1. The number of rotatable bonds is 5. The van der Waals surface area contributed by atoms with Crippen LogP contribution in [0, 0.1) is 22.6 Å². The van der Waals surface area contributed by atoms with E-state index in [1.54, 1.807) is 0 Å². The van der Waals surface area contributed by atoms with Crippen LogP contribution >= 0.6 is 0 Å². The maximum absolute atomic E-state index is 13.9. The van der Waals surface area contributed by atoms with Gasteiger partial charge in [0.25, 0.3) is 9.84 Å². The summed E-state index contributed by atoms with van der Waals surface area (Å²) in [5, 5.41) is 17.3. The van der Waals surface area contributed by atoms with E-state index in [-0.39, 0.29) is 40.7 Å². The van der Waals surface area contributed by atoms with Gasteiger partial charge in [-0.1, -0.05) is 0 Å². The van der Waals surface area contributed by atoms with E-state index < -0.39 is 31.7 Å². The fourth-order valence-electron chi connectivity index (χ4n) is 7.37. The summed E-state index contributed by atoms with van der Waals surface area (Å²) in [6, 6.07) is 2.42. The highest BCUT2D eigenvalue weighted by Crippen LogP contribution is 2.57. The number of alkyl halides is 3. The predicted molar refractivity (Wildman–Crippen MR) is 131 cm³/mol. The Morgan fingerprint density at radius 1 is 1.02 bits per heavy atom. The number of hydrogen-bond acceptors (Lipinski definition) is 6. The zero-order chi connectivity index (χ0) is 28.3. The molecule has 5 aliphatic rings. The number of urea groups is 1. The molecule has 2 N–H and O–H groups in total. The van der Waals surface area contributed by atoms with Crippen molar-refractivity contribution in [3.8, 4) is 0 Å². The molecule has 0 atom stereocenters. The number of amides is 2. The number of H-pyrrole nitrogens is 1. The highest BCUT2D eigenvalue weighted by atomic mass is 32.2. The van der Waals surface area contributed by atoms with Gasteiger partial charge >= 0.3 is 11.5 Å². The topological polar surface area (TPSA) is 119 Å². The van der Waals surface area contributed by atoms with Crippen molar-refractivity contribution in [2.24, 2.45) is 16.7 Å². The Kier molecular flexibility index (Phi) is 5.35.